The highest BCUT2D eigenvalue weighted by molar-refractivity contribution is 5.92. The van der Waals surface area contributed by atoms with Gasteiger partial charge < -0.3 is 15.8 Å². The number of carbonyl (C=O) groups excluding carboxylic acids is 1. The van der Waals surface area contributed by atoms with Gasteiger partial charge >= 0.3 is 0 Å². The summed E-state index contributed by atoms with van der Waals surface area (Å²) in [6.45, 7) is 8.54. The fraction of sp³-hybridized carbons (Fsp3) is 0.611. The number of unbranched alkanes of at least 4 members (excludes halogenated alkanes) is 2. The number of carbonyl (C=O) groups is 1. The number of nitriles is 1. The molecule has 0 atom stereocenters. The molecule has 3 N–H and O–H groups in total. The molecule has 0 saturated heterocycles. The third-order valence-electron chi connectivity index (χ3n) is 3.70. The number of nitrogens with zero attached hydrogens (tertiary/aromatic N) is 3. The lowest BCUT2D eigenvalue weighted by Crippen LogP contribution is -2.35. The zero-order chi connectivity index (χ0) is 18.7. The van der Waals surface area contributed by atoms with E-state index in [4.69, 9.17) is 15.7 Å². The van der Waals surface area contributed by atoms with E-state index in [1.807, 2.05) is 6.07 Å². The average molecular weight is 347 g/mol. The first-order valence-electron chi connectivity index (χ1n) is 8.91. The number of nitrogen functional groups attached to an aromatic ring is 1. The molecule has 7 heteroatoms. The van der Waals surface area contributed by atoms with Crippen LogP contribution in [0.15, 0.2) is 6.07 Å². The van der Waals surface area contributed by atoms with Crippen LogP contribution in [-0.2, 0) is 4.79 Å². The van der Waals surface area contributed by atoms with E-state index in [1.54, 1.807) is 6.92 Å². The number of ether oxygens (including phenoxy) is 1. The third kappa shape index (κ3) is 6.98. The molecule has 0 aliphatic heterocycles. The van der Waals surface area contributed by atoms with Crippen molar-refractivity contribution in [2.75, 3.05) is 37.3 Å². The summed E-state index contributed by atoms with van der Waals surface area (Å²) in [6, 6.07) is 3.46. The van der Waals surface area contributed by atoms with Gasteiger partial charge in [-0.3, -0.25) is 9.69 Å². The van der Waals surface area contributed by atoms with Crippen molar-refractivity contribution in [1.82, 2.24) is 9.88 Å². The molecule has 0 aliphatic rings. The summed E-state index contributed by atoms with van der Waals surface area (Å²) in [5.74, 6) is 0.302. The maximum Gasteiger partial charge on any atom is 0.239 e. The van der Waals surface area contributed by atoms with Crippen molar-refractivity contribution < 1.29 is 9.53 Å². The lowest BCUT2D eigenvalue weighted by Gasteiger charge is -2.21. The number of nitrogens with one attached hydrogen (secondary N) is 1. The van der Waals surface area contributed by atoms with Crippen molar-refractivity contribution in [1.29, 1.82) is 5.26 Å². The van der Waals surface area contributed by atoms with E-state index >= 15 is 0 Å². The molecule has 1 amide bonds. The van der Waals surface area contributed by atoms with Crippen LogP contribution in [0.2, 0.25) is 0 Å². The molecule has 138 valence electrons. The monoisotopic (exact) mass is 347 g/mol. The summed E-state index contributed by atoms with van der Waals surface area (Å²) < 4.78 is 5.34. The molecule has 0 unspecified atom stereocenters. The predicted molar refractivity (Wildman–Crippen MR) is 99.4 cm³/mol. The molecule has 0 aromatic carbocycles. The minimum absolute atomic E-state index is 0.147. The van der Waals surface area contributed by atoms with Gasteiger partial charge in [0.05, 0.1) is 18.8 Å². The number of hydrogen-bond acceptors (Lipinski definition) is 6. The van der Waals surface area contributed by atoms with Gasteiger partial charge in [-0.2, -0.15) is 10.2 Å². The van der Waals surface area contributed by atoms with Crippen LogP contribution in [0.5, 0.6) is 5.88 Å². The lowest BCUT2D eigenvalue weighted by atomic mass is 10.2. The minimum atomic E-state index is -0.147. The van der Waals surface area contributed by atoms with Crippen molar-refractivity contribution >= 4 is 17.4 Å². The Morgan fingerprint density at radius 3 is 2.48 bits per heavy atom. The molecule has 1 heterocycles. The van der Waals surface area contributed by atoms with Crippen LogP contribution in [0.3, 0.4) is 0 Å². The molecule has 0 spiro atoms. The number of anilines is 2. The van der Waals surface area contributed by atoms with Gasteiger partial charge in [0.25, 0.3) is 0 Å². The standard InChI is InChI=1S/C18H29N5O2/c1-4-7-9-23(10-8-5-2)13-17(24)21-16-11-15(20)14(12-19)18(22-16)25-6-3/h11H,4-10,13H2,1-3H3,(H3,20,21,22,24). The van der Waals surface area contributed by atoms with Crippen molar-refractivity contribution in [3.63, 3.8) is 0 Å². The average Bonchev–Trinajstić information content (AvgIpc) is 2.57. The molecule has 1 aromatic heterocycles. The number of aromatic nitrogens is 1. The van der Waals surface area contributed by atoms with Crippen molar-refractivity contribution in [2.24, 2.45) is 0 Å². The van der Waals surface area contributed by atoms with Crippen LogP contribution >= 0.6 is 0 Å². The van der Waals surface area contributed by atoms with E-state index in [1.165, 1.54) is 6.07 Å². The zero-order valence-electron chi connectivity index (χ0n) is 15.5. The normalized spacial score (nSPS) is 10.5. The van der Waals surface area contributed by atoms with E-state index in [0.29, 0.717) is 19.0 Å². The summed E-state index contributed by atoms with van der Waals surface area (Å²) in [4.78, 5) is 18.7. The van der Waals surface area contributed by atoms with Crippen LogP contribution in [0.1, 0.15) is 52.0 Å². The Kier molecular flexibility index (Phi) is 9.33. The minimum Gasteiger partial charge on any atom is -0.477 e. The Labute approximate surface area is 150 Å². The van der Waals surface area contributed by atoms with Crippen LogP contribution in [0.25, 0.3) is 0 Å². The second-order valence-corrected chi connectivity index (χ2v) is 5.85. The fourth-order valence-corrected chi connectivity index (χ4v) is 2.38. The van der Waals surface area contributed by atoms with E-state index < -0.39 is 0 Å². The summed E-state index contributed by atoms with van der Waals surface area (Å²) in [7, 11) is 0. The summed E-state index contributed by atoms with van der Waals surface area (Å²) in [5, 5.41) is 11.9. The number of rotatable bonds is 11. The van der Waals surface area contributed by atoms with Gasteiger partial charge in [0.15, 0.2) is 0 Å². The van der Waals surface area contributed by atoms with Crippen molar-refractivity contribution in [3.05, 3.63) is 11.6 Å². The molecule has 0 fully saturated rings. The molecule has 1 aromatic rings. The Balaban J connectivity index is 2.79. The highest BCUT2D eigenvalue weighted by Gasteiger charge is 2.15. The van der Waals surface area contributed by atoms with E-state index in [9.17, 15) is 4.79 Å². The number of amides is 1. The second kappa shape index (κ2) is 11.3. The second-order valence-electron chi connectivity index (χ2n) is 5.85. The van der Waals surface area contributed by atoms with Gasteiger partial charge in [0.1, 0.15) is 17.5 Å². The van der Waals surface area contributed by atoms with Gasteiger partial charge in [-0.1, -0.05) is 26.7 Å². The first kappa shape index (κ1) is 20.7. The Morgan fingerprint density at radius 2 is 1.96 bits per heavy atom. The maximum absolute atomic E-state index is 12.3. The van der Waals surface area contributed by atoms with Gasteiger partial charge in [-0.25, -0.2) is 0 Å². The van der Waals surface area contributed by atoms with Gasteiger partial charge in [-0.15, -0.1) is 0 Å². The highest BCUT2D eigenvalue weighted by atomic mass is 16.5. The highest BCUT2D eigenvalue weighted by Crippen LogP contribution is 2.25. The molecule has 0 aliphatic carbocycles. The van der Waals surface area contributed by atoms with E-state index in [2.05, 4.69) is 29.0 Å². The van der Waals surface area contributed by atoms with Gasteiger partial charge in [0.2, 0.25) is 11.8 Å². The number of hydrogen-bond donors (Lipinski definition) is 2. The number of pyridine rings is 1. The maximum atomic E-state index is 12.3. The van der Waals surface area contributed by atoms with Crippen LogP contribution in [0, 0.1) is 11.3 Å². The Hall–Kier alpha value is -2.33. The first-order chi connectivity index (χ1) is 12.0. The third-order valence-corrected chi connectivity index (χ3v) is 3.70. The molecule has 25 heavy (non-hydrogen) atoms. The van der Waals surface area contributed by atoms with Gasteiger partial charge in [-0.05, 0) is 32.9 Å². The van der Waals surface area contributed by atoms with Crippen molar-refractivity contribution in [2.45, 2.75) is 46.5 Å². The van der Waals surface area contributed by atoms with Crippen molar-refractivity contribution in [3.8, 4) is 11.9 Å². The SMILES string of the molecule is CCCCN(CCCC)CC(=O)Nc1cc(N)c(C#N)c(OCC)n1. The molecule has 0 radical (unpaired) electrons. The largest absolute Gasteiger partial charge is 0.477 e. The fourth-order valence-electron chi connectivity index (χ4n) is 2.38. The predicted octanol–water partition coefficient (Wildman–Crippen LogP) is 2.77. The van der Waals surface area contributed by atoms with Gasteiger partial charge in [0, 0.05) is 6.07 Å². The molecule has 0 saturated carbocycles. The molecule has 1 rings (SSSR count). The lowest BCUT2D eigenvalue weighted by molar-refractivity contribution is -0.117. The zero-order valence-corrected chi connectivity index (χ0v) is 15.5. The van der Waals surface area contributed by atoms with Crippen LogP contribution in [0.4, 0.5) is 11.5 Å². The quantitative estimate of drug-likeness (QED) is 0.638. The summed E-state index contributed by atoms with van der Waals surface area (Å²) in [5.41, 5.74) is 6.30. The summed E-state index contributed by atoms with van der Waals surface area (Å²) in [6.07, 6.45) is 4.31. The molecule has 0 bridgehead atoms. The van der Waals surface area contributed by atoms with E-state index in [0.717, 1.165) is 38.8 Å². The number of nitrogens with two attached hydrogens (primary N) is 1. The van der Waals surface area contributed by atoms with Crippen LogP contribution in [-0.4, -0.2) is 42.0 Å². The first-order valence-corrected chi connectivity index (χ1v) is 8.91. The molecule has 7 nitrogen and oxygen atoms in total. The molecular formula is C18H29N5O2. The van der Waals surface area contributed by atoms with Crippen LogP contribution < -0.4 is 15.8 Å². The topological polar surface area (TPSA) is 104 Å². The summed E-state index contributed by atoms with van der Waals surface area (Å²) >= 11 is 0. The Morgan fingerprint density at radius 1 is 1.32 bits per heavy atom. The Bertz CT molecular complexity index is 590. The smallest absolute Gasteiger partial charge is 0.239 e. The molecular weight excluding hydrogens is 318 g/mol. The van der Waals surface area contributed by atoms with E-state index in [-0.39, 0.29) is 23.0 Å².